The molecule has 0 radical (unpaired) electrons. The van der Waals surface area contributed by atoms with Crippen molar-refractivity contribution in [3.63, 3.8) is 0 Å². The van der Waals surface area contributed by atoms with Gasteiger partial charge in [-0.2, -0.15) is 0 Å². The van der Waals surface area contributed by atoms with Gasteiger partial charge in [-0.25, -0.2) is 0 Å². The third-order valence-corrected chi connectivity index (χ3v) is 1.19. The van der Waals surface area contributed by atoms with Crippen molar-refractivity contribution in [3.8, 4) is 11.8 Å². The molecule has 0 spiro atoms. The highest BCUT2D eigenvalue weighted by atomic mass is 16.2. The molecule has 0 bridgehead atoms. The van der Waals surface area contributed by atoms with E-state index < -0.39 is 0 Å². The predicted molar refractivity (Wildman–Crippen MR) is 43.5 cm³/mol. The van der Waals surface area contributed by atoms with Crippen LogP contribution in [0.15, 0.2) is 12.2 Å². The summed E-state index contributed by atoms with van der Waals surface area (Å²) in [6, 6.07) is 0. The van der Waals surface area contributed by atoms with Gasteiger partial charge in [0.05, 0.1) is 0 Å². The van der Waals surface area contributed by atoms with Crippen LogP contribution in [0, 0.1) is 17.8 Å². The van der Waals surface area contributed by atoms with Crippen LogP contribution in [0.5, 0.6) is 0 Å². The zero-order chi connectivity index (χ0) is 7.82. The van der Waals surface area contributed by atoms with Crippen molar-refractivity contribution in [2.75, 3.05) is 6.61 Å². The molecule has 0 aromatic rings. The smallest absolute Gasteiger partial charge is 0.0445 e. The van der Waals surface area contributed by atoms with Gasteiger partial charge >= 0.3 is 0 Å². The lowest BCUT2D eigenvalue weighted by Gasteiger charge is -1.99. The second-order valence-corrected chi connectivity index (χ2v) is 2.04. The molecule has 56 valence electrons. The van der Waals surface area contributed by atoms with E-state index in [9.17, 15) is 0 Å². The first-order valence-corrected chi connectivity index (χ1v) is 3.51. The second kappa shape index (κ2) is 6.38. The number of rotatable bonds is 3. The Bertz CT molecular complexity index is 148. The average molecular weight is 138 g/mol. The zero-order valence-electron chi connectivity index (χ0n) is 6.59. The Balaban J connectivity index is 3.80. The van der Waals surface area contributed by atoms with Crippen molar-refractivity contribution in [2.24, 2.45) is 5.92 Å². The van der Waals surface area contributed by atoms with Crippen LogP contribution in [0.2, 0.25) is 0 Å². The number of hydrogen-bond donors (Lipinski definition) is 1. The molecule has 1 N–H and O–H groups in total. The van der Waals surface area contributed by atoms with Crippen molar-refractivity contribution >= 4 is 0 Å². The molecule has 1 atom stereocenters. The van der Waals surface area contributed by atoms with Crippen LogP contribution in [0.1, 0.15) is 20.3 Å². The first kappa shape index (κ1) is 9.26. The van der Waals surface area contributed by atoms with Crippen LogP contribution in [0.3, 0.4) is 0 Å². The minimum Gasteiger partial charge on any atom is -0.396 e. The minimum atomic E-state index is 0.212. The van der Waals surface area contributed by atoms with Crippen molar-refractivity contribution in [1.29, 1.82) is 0 Å². The Labute approximate surface area is 62.8 Å². The molecule has 1 nitrogen and oxygen atoms in total. The number of hydrogen-bond acceptors (Lipinski definition) is 1. The summed E-state index contributed by atoms with van der Waals surface area (Å²) in [6.45, 7) is 3.99. The summed E-state index contributed by atoms with van der Waals surface area (Å²) < 4.78 is 0. The third-order valence-electron chi connectivity index (χ3n) is 1.19. The molecule has 0 saturated heterocycles. The molecule has 10 heavy (non-hydrogen) atoms. The van der Waals surface area contributed by atoms with Gasteiger partial charge in [0.1, 0.15) is 0 Å². The normalized spacial score (nSPS) is 12.7. The Morgan fingerprint density at radius 2 is 2.30 bits per heavy atom. The summed E-state index contributed by atoms with van der Waals surface area (Å²) in [5.41, 5.74) is 0. The molecule has 0 aliphatic heterocycles. The van der Waals surface area contributed by atoms with Gasteiger partial charge in [0.25, 0.3) is 0 Å². The highest BCUT2D eigenvalue weighted by Crippen LogP contribution is 2.01. The van der Waals surface area contributed by atoms with E-state index in [2.05, 4.69) is 11.8 Å². The summed E-state index contributed by atoms with van der Waals surface area (Å²) >= 11 is 0. The summed E-state index contributed by atoms with van der Waals surface area (Å²) in [7, 11) is 0. The number of allylic oxidation sites excluding steroid dienone is 2. The van der Waals surface area contributed by atoms with E-state index in [4.69, 9.17) is 5.11 Å². The van der Waals surface area contributed by atoms with E-state index in [1.54, 1.807) is 0 Å². The van der Waals surface area contributed by atoms with E-state index in [1.165, 1.54) is 0 Å². The molecule has 0 fully saturated rings. The van der Waals surface area contributed by atoms with Crippen LogP contribution < -0.4 is 0 Å². The molecule has 1 unspecified atom stereocenters. The van der Waals surface area contributed by atoms with Crippen LogP contribution >= 0.6 is 0 Å². The van der Waals surface area contributed by atoms with Crippen molar-refractivity contribution in [2.45, 2.75) is 20.3 Å². The lowest BCUT2D eigenvalue weighted by Crippen LogP contribution is -1.95. The molecule has 0 aromatic heterocycles. The Morgan fingerprint density at radius 1 is 1.60 bits per heavy atom. The fourth-order valence-corrected chi connectivity index (χ4v) is 0.773. The van der Waals surface area contributed by atoms with E-state index in [-0.39, 0.29) is 12.5 Å². The molecular formula is C9H14O. The maximum absolute atomic E-state index is 8.59. The zero-order valence-corrected chi connectivity index (χ0v) is 6.59. The Kier molecular flexibility index (Phi) is 5.91. The molecule has 0 aromatic carbocycles. The van der Waals surface area contributed by atoms with Crippen LogP contribution in [0.4, 0.5) is 0 Å². The Hall–Kier alpha value is -0.740. The molecule has 0 aliphatic carbocycles. The van der Waals surface area contributed by atoms with Gasteiger partial charge < -0.3 is 5.11 Å². The molecule has 0 heterocycles. The molecule has 1 heteroatoms. The summed E-state index contributed by atoms with van der Waals surface area (Å²) in [6.07, 6.45) is 4.71. The minimum absolute atomic E-state index is 0.212. The van der Waals surface area contributed by atoms with Gasteiger partial charge in [-0.1, -0.05) is 18.1 Å². The van der Waals surface area contributed by atoms with E-state index >= 15 is 0 Å². The van der Waals surface area contributed by atoms with Crippen molar-refractivity contribution < 1.29 is 5.11 Å². The topological polar surface area (TPSA) is 20.2 Å². The molecule has 0 rings (SSSR count). The largest absolute Gasteiger partial charge is 0.396 e. The van der Waals surface area contributed by atoms with Gasteiger partial charge in [-0.3, -0.25) is 0 Å². The quantitative estimate of drug-likeness (QED) is 0.464. The molecular weight excluding hydrogens is 124 g/mol. The van der Waals surface area contributed by atoms with Gasteiger partial charge in [-0.05, 0) is 20.3 Å². The second-order valence-electron chi connectivity index (χ2n) is 2.04. The highest BCUT2D eigenvalue weighted by Gasteiger charge is 1.96. The van der Waals surface area contributed by atoms with E-state index in [0.717, 1.165) is 6.42 Å². The van der Waals surface area contributed by atoms with Gasteiger partial charge in [0.2, 0.25) is 0 Å². The highest BCUT2D eigenvalue weighted by molar-refractivity contribution is 5.08. The van der Waals surface area contributed by atoms with Crippen LogP contribution in [-0.2, 0) is 0 Å². The summed E-state index contributed by atoms with van der Waals surface area (Å²) in [4.78, 5) is 0. The third kappa shape index (κ3) is 4.17. The SMILES string of the molecule is CC#CC(C=CC)CCO. The van der Waals surface area contributed by atoms with Gasteiger partial charge in [0, 0.05) is 12.5 Å². The maximum atomic E-state index is 8.59. The fourth-order valence-electron chi connectivity index (χ4n) is 0.773. The molecule has 0 amide bonds. The van der Waals surface area contributed by atoms with Crippen LogP contribution in [-0.4, -0.2) is 11.7 Å². The number of aliphatic hydroxyl groups is 1. The van der Waals surface area contributed by atoms with E-state index in [0.29, 0.717) is 0 Å². The standard InChI is InChI=1S/C9H14O/c1-3-5-9(6-4-2)7-8-10/h3,5,9-10H,7-8H2,1-2H3. The molecule has 0 saturated carbocycles. The monoisotopic (exact) mass is 138 g/mol. The molecule has 0 aliphatic rings. The van der Waals surface area contributed by atoms with E-state index in [1.807, 2.05) is 26.0 Å². The first-order chi connectivity index (χ1) is 4.85. The van der Waals surface area contributed by atoms with Crippen molar-refractivity contribution in [1.82, 2.24) is 0 Å². The Morgan fingerprint density at radius 3 is 2.70 bits per heavy atom. The first-order valence-electron chi connectivity index (χ1n) is 3.51. The average Bonchev–Trinajstić information content (AvgIpc) is 1.90. The van der Waals surface area contributed by atoms with Gasteiger partial charge in [-0.15, -0.1) is 5.92 Å². The van der Waals surface area contributed by atoms with Gasteiger partial charge in [0.15, 0.2) is 0 Å². The number of aliphatic hydroxyl groups excluding tert-OH is 1. The summed E-state index contributed by atoms with van der Waals surface area (Å²) in [5, 5.41) is 8.59. The van der Waals surface area contributed by atoms with Crippen molar-refractivity contribution in [3.05, 3.63) is 12.2 Å². The lowest BCUT2D eigenvalue weighted by atomic mass is 10.1. The maximum Gasteiger partial charge on any atom is 0.0445 e. The lowest BCUT2D eigenvalue weighted by molar-refractivity contribution is 0.280. The van der Waals surface area contributed by atoms with Crippen LogP contribution in [0.25, 0.3) is 0 Å². The fraction of sp³-hybridized carbons (Fsp3) is 0.556. The summed E-state index contributed by atoms with van der Waals surface area (Å²) in [5.74, 6) is 6.05. The predicted octanol–water partition coefficient (Wildman–Crippen LogP) is 1.58.